The average Bonchev–Trinajstić information content (AvgIpc) is 2.38. The average molecular weight is 316 g/mol. The maximum absolute atomic E-state index is 12.3. The number of carbonyl (C=O) groups excluding carboxylic acids is 2. The monoisotopic (exact) mass is 315 g/mol. The number of halogens is 2. The molecule has 20 heavy (non-hydrogen) atoms. The fourth-order valence-electron chi connectivity index (χ4n) is 2.16. The van der Waals surface area contributed by atoms with E-state index in [2.05, 4.69) is 0 Å². The molecule has 0 radical (unpaired) electrons. The van der Waals surface area contributed by atoms with Gasteiger partial charge in [-0.05, 0) is 18.2 Å². The van der Waals surface area contributed by atoms with Crippen LogP contribution in [0.2, 0.25) is 10.0 Å². The Morgan fingerprint density at radius 3 is 2.35 bits per heavy atom. The van der Waals surface area contributed by atoms with Gasteiger partial charge < -0.3 is 10.6 Å². The van der Waals surface area contributed by atoms with E-state index in [1.165, 1.54) is 0 Å². The molecule has 0 unspecified atom stereocenters. The van der Waals surface area contributed by atoms with Crippen molar-refractivity contribution in [2.45, 2.75) is 0 Å². The van der Waals surface area contributed by atoms with E-state index in [0.717, 1.165) is 0 Å². The largest absolute Gasteiger partial charge is 0.369 e. The van der Waals surface area contributed by atoms with Crippen molar-refractivity contribution >= 4 is 35.0 Å². The van der Waals surface area contributed by atoms with Crippen LogP contribution in [0.5, 0.6) is 0 Å². The van der Waals surface area contributed by atoms with Gasteiger partial charge in [-0.25, -0.2) is 0 Å². The molecule has 2 amide bonds. The second-order valence-electron chi connectivity index (χ2n) is 4.66. The highest BCUT2D eigenvalue weighted by molar-refractivity contribution is 6.36. The molecular formula is C13H15Cl2N3O2. The lowest BCUT2D eigenvalue weighted by Crippen LogP contribution is -2.50. The van der Waals surface area contributed by atoms with E-state index in [-0.39, 0.29) is 18.4 Å². The number of amides is 2. The Labute approximate surface area is 127 Å². The first-order chi connectivity index (χ1) is 9.47. The van der Waals surface area contributed by atoms with E-state index in [1.807, 2.05) is 4.90 Å². The van der Waals surface area contributed by atoms with Crippen LogP contribution in [0.15, 0.2) is 18.2 Å². The number of hydrogen-bond donors (Lipinski definition) is 1. The van der Waals surface area contributed by atoms with Crippen LogP contribution in [0.25, 0.3) is 0 Å². The van der Waals surface area contributed by atoms with Gasteiger partial charge in [-0.3, -0.25) is 14.5 Å². The standard InChI is InChI=1S/C13H15Cl2N3O2/c14-9-1-2-10(11(15)7-9)13(20)18-5-3-17(4-6-18)8-12(16)19/h1-2,7H,3-6,8H2,(H2,16,19). The van der Waals surface area contributed by atoms with Gasteiger partial charge in [0.25, 0.3) is 5.91 Å². The van der Waals surface area contributed by atoms with Gasteiger partial charge in [0.1, 0.15) is 0 Å². The van der Waals surface area contributed by atoms with Crippen LogP contribution in [0.1, 0.15) is 10.4 Å². The zero-order valence-electron chi connectivity index (χ0n) is 10.8. The molecule has 1 aliphatic heterocycles. The van der Waals surface area contributed by atoms with E-state index in [9.17, 15) is 9.59 Å². The highest BCUT2D eigenvalue weighted by Gasteiger charge is 2.24. The van der Waals surface area contributed by atoms with Crippen molar-refractivity contribution in [3.8, 4) is 0 Å². The third-order valence-electron chi connectivity index (χ3n) is 3.20. The van der Waals surface area contributed by atoms with Crippen molar-refractivity contribution in [1.82, 2.24) is 9.80 Å². The molecule has 0 spiro atoms. The Bertz CT molecular complexity index is 528. The summed E-state index contributed by atoms with van der Waals surface area (Å²) in [6, 6.07) is 4.83. The Hall–Kier alpha value is -1.30. The molecule has 1 aliphatic rings. The second kappa shape index (κ2) is 6.43. The molecule has 1 aromatic rings. The van der Waals surface area contributed by atoms with Gasteiger partial charge in [-0.2, -0.15) is 0 Å². The predicted octanol–water partition coefficient (Wildman–Crippen LogP) is 1.24. The van der Waals surface area contributed by atoms with Crippen LogP contribution in [0.3, 0.4) is 0 Å². The summed E-state index contributed by atoms with van der Waals surface area (Å²) in [5.41, 5.74) is 5.60. The Morgan fingerprint density at radius 2 is 1.80 bits per heavy atom. The van der Waals surface area contributed by atoms with Crippen LogP contribution >= 0.6 is 23.2 Å². The Morgan fingerprint density at radius 1 is 1.15 bits per heavy atom. The minimum atomic E-state index is -0.356. The molecule has 0 saturated carbocycles. The van der Waals surface area contributed by atoms with E-state index in [1.54, 1.807) is 23.1 Å². The van der Waals surface area contributed by atoms with Crippen LogP contribution < -0.4 is 5.73 Å². The summed E-state index contributed by atoms with van der Waals surface area (Å²) in [6.45, 7) is 2.57. The van der Waals surface area contributed by atoms with Crippen molar-refractivity contribution in [3.63, 3.8) is 0 Å². The lowest BCUT2D eigenvalue weighted by molar-refractivity contribution is -0.119. The summed E-state index contributed by atoms with van der Waals surface area (Å²) in [6.07, 6.45) is 0. The first-order valence-corrected chi connectivity index (χ1v) is 6.98. The molecule has 2 N–H and O–H groups in total. The molecule has 5 nitrogen and oxygen atoms in total. The summed E-state index contributed by atoms with van der Waals surface area (Å²) in [5.74, 6) is -0.476. The number of benzene rings is 1. The summed E-state index contributed by atoms with van der Waals surface area (Å²) < 4.78 is 0. The van der Waals surface area contributed by atoms with Gasteiger partial charge in [-0.15, -0.1) is 0 Å². The molecule has 1 saturated heterocycles. The van der Waals surface area contributed by atoms with E-state index >= 15 is 0 Å². The normalized spacial score (nSPS) is 16.2. The van der Waals surface area contributed by atoms with Crippen LogP contribution in [-0.4, -0.2) is 54.3 Å². The van der Waals surface area contributed by atoms with Gasteiger partial charge in [0.05, 0.1) is 17.1 Å². The fourth-order valence-corrected chi connectivity index (χ4v) is 2.65. The van der Waals surface area contributed by atoms with Gasteiger partial charge in [0, 0.05) is 31.2 Å². The molecule has 1 heterocycles. The third-order valence-corrected chi connectivity index (χ3v) is 3.75. The summed E-state index contributed by atoms with van der Waals surface area (Å²) in [4.78, 5) is 26.8. The first-order valence-electron chi connectivity index (χ1n) is 6.22. The van der Waals surface area contributed by atoms with Gasteiger partial charge in [0.2, 0.25) is 5.91 Å². The second-order valence-corrected chi connectivity index (χ2v) is 5.50. The molecule has 2 rings (SSSR count). The SMILES string of the molecule is NC(=O)CN1CCN(C(=O)c2ccc(Cl)cc2Cl)CC1. The number of hydrogen-bond acceptors (Lipinski definition) is 3. The molecular weight excluding hydrogens is 301 g/mol. The van der Waals surface area contributed by atoms with Crippen LogP contribution in [0, 0.1) is 0 Å². The summed E-state index contributed by atoms with van der Waals surface area (Å²) in [5, 5.41) is 0.847. The van der Waals surface area contributed by atoms with Crippen molar-refractivity contribution in [3.05, 3.63) is 33.8 Å². The molecule has 108 valence electrons. The molecule has 1 fully saturated rings. The Kier molecular flexibility index (Phi) is 4.86. The number of primary amides is 1. The number of carbonyl (C=O) groups is 2. The Balaban J connectivity index is 1.99. The van der Waals surface area contributed by atoms with Crippen LogP contribution in [-0.2, 0) is 4.79 Å². The van der Waals surface area contributed by atoms with E-state index in [0.29, 0.717) is 41.8 Å². The van der Waals surface area contributed by atoms with Crippen molar-refractivity contribution < 1.29 is 9.59 Å². The lowest BCUT2D eigenvalue weighted by atomic mass is 10.2. The zero-order chi connectivity index (χ0) is 14.7. The lowest BCUT2D eigenvalue weighted by Gasteiger charge is -2.34. The minimum Gasteiger partial charge on any atom is -0.369 e. The maximum Gasteiger partial charge on any atom is 0.255 e. The van der Waals surface area contributed by atoms with Crippen LogP contribution in [0.4, 0.5) is 0 Å². The van der Waals surface area contributed by atoms with Crippen molar-refractivity contribution in [1.29, 1.82) is 0 Å². The smallest absolute Gasteiger partial charge is 0.255 e. The first kappa shape index (κ1) is 15.1. The van der Waals surface area contributed by atoms with Crippen molar-refractivity contribution in [2.75, 3.05) is 32.7 Å². The molecule has 0 aliphatic carbocycles. The predicted molar refractivity (Wildman–Crippen MR) is 78.0 cm³/mol. The number of nitrogens with zero attached hydrogens (tertiary/aromatic N) is 2. The quantitative estimate of drug-likeness (QED) is 0.912. The van der Waals surface area contributed by atoms with Gasteiger partial charge in [0.15, 0.2) is 0 Å². The highest BCUT2D eigenvalue weighted by atomic mass is 35.5. The number of nitrogens with two attached hydrogens (primary N) is 1. The minimum absolute atomic E-state index is 0.120. The van der Waals surface area contributed by atoms with Gasteiger partial charge in [-0.1, -0.05) is 23.2 Å². The summed E-state index contributed by atoms with van der Waals surface area (Å²) in [7, 11) is 0. The van der Waals surface area contributed by atoms with Crippen molar-refractivity contribution in [2.24, 2.45) is 5.73 Å². The fraction of sp³-hybridized carbons (Fsp3) is 0.385. The van der Waals surface area contributed by atoms with E-state index < -0.39 is 0 Å². The molecule has 1 aromatic carbocycles. The maximum atomic E-state index is 12.3. The highest BCUT2D eigenvalue weighted by Crippen LogP contribution is 2.22. The topological polar surface area (TPSA) is 66.6 Å². The molecule has 0 atom stereocenters. The number of rotatable bonds is 3. The third kappa shape index (κ3) is 3.62. The van der Waals surface area contributed by atoms with E-state index in [4.69, 9.17) is 28.9 Å². The summed E-state index contributed by atoms with van der Waals surface area (Å²) >= 11 is 11.9. The zero-order valence-corrected chi connectivity index (χ0v) is 12.3. The van der Waals surface area contributed by atoms with Gasteiger partial charge >= 0.3 is 0 Å². The molecule has 7 heteroatoms. The molecule has 0 bridgehead atoms. The molecule has 0 aromatic heterocycles. The number of piperazine rings is 1.